The van der Waals surface area contributed by atoms with Gasteiger partial charge in [0, 0.05) is 26.9 Å². The zero-order valence-corrected chi connectivity index (χ0v) is 15.5. The van der Waals surface area contributed by atoms with Gasteiger partial charge in [-0.2, -0.15) is 0 Å². The number of aliphatic hydroxyl groups excluding tert-OH is 1. The monoisotopic (exact) mass is 355 g/mol. The lowest BCUT2D eigenvalue weighted by Gasteiger charge is -2.25. The van der Waals surface area contributed by atoms with E-state index in [2.05, 4.69) is 0 Å². The van der Waals surface area contributed by atoms with Crippen molar-refractivity contribution in [3.63, 3.8) is 0 Å². The van der Waals surface area contributed by atoms with Crippen molar-refractivity contribution < 1.29 is 33.1 Å². The molecule has 0 aromatic rings. The van der Waals surface area contributed by atoms with Crippen molar-refractivity contribution in [3.05, 3.63) is 0 Å². The van der Waals surface area contributed by atoms with Gasteiger partial charge in [-0.1, -0.05) is 0 Å². The first-order valence-corrected chi connectivity index (χ1v) is 8.67. The number of hydrogen-bond acceptors (Lipinski definition) is 7. The number of amides is 2. The number of carbonyl (C=O) groups is 2. The van der Waals surface area contributed by atoms with E-state index in [1.54, 1.807) is 0 Å². The van der Waals surface area contributed by atoms with Gasteiger partial charge in [0.25, 0.3) is 0 Å². The van der Waals surface area contributed by atoms with Crippen molar-refractivity contribution in [3.8, 4) is 0 Å². The fraction of sp³-hybridized carbons (Fsp3) is 0.833. The number of aliphatic carboxylic acids is 1. The molecule has 0 aliphatic carbocycles. The van der Waals surface area contributed by atoms with E-state index < -0.39 is 33.7 Å². The standard InChI is InChI=1S/C6H13N3O4.C6H16O3Si/c1-3(10)4(5(11)12)9(2)8-6(7)13;1-4-7-10(8-5-2)9-6-3/h3-4,10H,1-2H3,(H,11,12)(H3,7,8,13);10H,4-6H2,1-3H3. The summed E-state index contributed by atoms with van der Waals surface area (Å²) in [5, 5.41) is 18.6. The Hall–Kier alpha value is -1.24. The fourth-order valence-corrected chi connectivity index (χ4v) is 2.60. The molecule has 0 spiro atoms. The molecule has 138 valence electrons. The van der Waals surface area contributed by atoms with Gasteiger partial charge in [0.2, 0.25) is 0 Å². The van der Waals surface area contributed by atoms with Gasteiger partial charge in [-0.05, 0) is 27.7 Å². The van der Waals surface area contributed by atoms with Gasteiger partial charge in [-0.15, -0.1) is 0 Å². The molecule has 5 N–H and O–H groups in total. The minimum atomic E-state index is -1.73. The van der Waals surface area contributed by atoms with Crippen LogP contribution in [0.25, 0.3) is 0 Å². The lowest BCUT2D eigenvalue weighted by Crippen LogP contribution is -2.55. The van der Waals surface area contributed by atoms with Gasteiger partial charge >= 0.3 is 21.5 Å². The maximum atomic E-state index is 10.6. The van der Waals surface area contributed by atoms with Crippen molar-refractivity contribution in [2.75, 3.05) is 26.9 Å². The number of hydrogen-bond donors (Lipinski definition) is 4. The number of nitrogens with zero attached hydrogens (tertiary/aromatic N) is 1. The first-order chi connectivity index (χ1) is 10.7. The molecule has 2 unspecified atom stereocenters. The fourth-order valence-electron chi connectivity index (χ4n) is 1.49. The molecular formula is C12H29N3O7Si. The quantitative estimate of drug-likeness (QED) is 0.293. The number of carboxylic acids is 1. The number of carbonyl (C=O) groups excluding carboxylic acids is 1. The number of nitrogens with one attached hydrogen (secondary N) is 1. The SMILES string of the molecule is CC(O)C(C(=O)O)N(C)NC(N)=O.CCO[SiH](OCC)OCC. The van der Waals surface area contributed by atoms with Crippen LogP contribution < -0.4 is 11.2 Å². The van der Waals surface area contributed by atoms with Crippen LogP contribution in [0.3, 0.4) is 0 Å². The predicted molar refractivity (Wildman–Crippen MR) is 85.6 cm³/mol. The summed E-state index contributed by atoms with van der Waals surface area (Å²) in [7, 11) is -0.432. The van der Waals surface area contributed by atoms with Crippen LogP contribution in [-0.2, 0) is 18.1 Å². The van der Waals surface area contributed by atoms with Crippen molar-refractivity contribution in [2.24, 2.45) is 5.73 Å². The molecule has 0 rings (SSSR count). The molecule has 11 heteroatoms. The average Bonchev–Trinajstić information content (AvgIpc) is 2.38. The Morgan fingerprint density at radius 1 is 1.17 bits per heavy atom. The second-order valence-electron chi connectivity index (χ2n) is 4.27. The Morgan fingerprint density at radius 3 is 1.78 bits per heavy atom. The molecule has 0 saturated carbocycles. The van der Waals surface area contributed by atoms with Crippen molar-refractivity contribution >= 4 is 21.5 Å². The second kappa shape index (κ2) is 14.4. The van der Waals surface area contributed by atoms with Crippen molar-refractivity contribution in [1.82, 2.24) is 10.4 Å². The Kier molecular flexibility index (Phi) is 15.0. The van der Waals surface area contributed by atoms with E-state index in [1.165, 1.54) is 14.0 Å². The normalized spacial score (nSPS) is 13.2. The molecule has 0 heterocycles. The number of nitrogens with two attached hydrogens (primary N) is 1. The summed E-state index contributed by atoms with van der Waals surface area (Å²) in [5.41, 5.74) is 6.80. The van der Waals surface area contributed by atoms with Crippen LogP contribution in [-0.4, -0.2) is 75.8 Å². The van der Waals surface area contributed by atoms with Crippen LogP contribution in [0.4, 0.5) is 4.79 Å². The van der Waals surface area contributed by atoms with E-state index in [-0.39, 0.29) is 0 Å². The molecule has 0 fully saturated rings. The third kappa shape index (κ3) is 12.9. The highest BCUT2D eigenvalue weighted by Crippen LogP contribution is 1.99. The summed E-state index contributed by atoms with van der Waals surface area (Å²) >= 11 is 0. The summed E-state index contributed by atoms with van der Waals surface area (Å²) in [5.74, 6) is -1.24. The molecule has 2 atom stereocenters. The Balaban J connectivity index is 0. The van der Waals surface area contributed by atoms with E-state index in [1.807, 2.05) is 26.2 Å². The van der Waals surface area contributed by atoms with Gasteiger partial charge in [0.15, 0.2) is 6.04 Å². The maximum Gasteiger partial charge on any atom is 0.484 e. The summed E-state index contributed by atoms with van der Waals surface area (Å²) in [6.45, 7) is 9.16. The highest BCUT2D eigenvalue weighted by Gasteiger charge is 2.28. The van der Waals surface area contributed by atoms with Gasteiger partial charge < -0.3 is 29.2 Å². The summed E-state index contributed by atoms with van der Waals surface area (Å²) in [6.07, 6.45) is -1.12. The molecular weight excluding hydrogens is 326 g/mol. The molecule has 0 aliphatic rings. The number of carboxylic acid groups (broad SMARTS) is 1. The minimum Gasteiger partial charge on any atom is -0.480 e. The summed E-state index contributed by atoms with van der Waals surface area (Å²) in [4.78, 5) is 20.9. The van der Waals surface area contributed by atoms with Gasteiger partial charge in [0.1, 0.15) is 0 Å². The number of urea groups is 1. The van der Waals surface area contributed by atoms with Gasteiger partial charge in [-0.25, -0.2) is 9.80 Å². The Morgan fingerprint density at radius 2 is 1.57 bits per heavy atom. The third-order valence-electron chi connectivity index (χ3n) is 2.32. The summed E-state index contributed by atoms with van der Waals surface area (Å²) < 4.78 is 15.7. The van der Waals surface area contributed by atoms with Crippen LogP contribution in [0.5, 0.6) is 0 Å². The van der Waals surface area contributed by atoms with E-state index in [0.29, 0.717) is 19.8 Å². The number of aliphatic hydroxyl groups is 1. The predicted octanol–water partition coefficient (Wildman–Crippen LogP) is -0.851. The van der Waals surface area contributed by atoms with Gasteiger partial charge in [-0.3, -0.25) is 10.2 Å². The average molecular weight is 355 g/mol. The summed E-state index contributed by atoms with van der Waals surface area (Å²) in [6, 6.07) is -2.10. The van der Waals surface area contributed by atoms with E-state index >= 15 is 0 Å². The number of likely N-dealkylation sites (N-methyl/N-ethyl adjacent to an activating group) is 1. The topological polar surface area (TPSA) is 144 Å². The third-order valence-corrected chi connectivity index (χ3v) is 4.14. The maximum absolute atomic E-state index is 10.6. The van der Waals surface area contributed by atoms with E-state index in [0.717, 1.165) is 5.01 Å². The molecule has 0 aliphatic heterocycles. The molecule has 23 heavy (non-hydrogen) atoms. The van der Waals surface area contributed by atoms with Crippen LogP contribution in [0.1, 0.15) is 27.7 Å². The molecule has 0 saturated heterocycles. The molecule has 2 amide bonds. The van der Waals surface area contributed by atoms with Crippen LogP contribution >= 0.6 is 0 Å². The first-order valence-electron chi connectivity index (χ1n) is 7.25. The molecule has 0 bridgehead atoms. The molecule has 10 nitrogen and oxygen atoms in total. The van der Waals surface area contributed by atoms with Crippen LogP contribution in [0.15, 0.2) is 0 Å². The zero-order valence-electron chi connectivity index (χ0n) is 14.3. The van der Waals surface area contributed by atoms with Crippen LogP contribution in [0, 0.1) is 0 Å². The second-order valence-corrected chi connectivity index (χ2v) is 5.84. The Bertz CT molecular complexity index is 320. The van der Waals surface area contributed by atoms with Crippen LogP contribution in [0.2, 0.25) is 0 Å². The molecule has 0 aromatic carbocycles. The Labute approximate surface area is 138 Å². The molecule has 0 radical (unpaired) electrons. The highest BCUT2D eigenvalue weighted by atomic mass is 28.3. The molecule has 0 aromatic heterocycles. The number of rotatable bonds is 10. The largest absolute Gasteiger partial charge is 0.484 e. The van der Waals surface area contributed by atoms with E-state index in [4.69, 9.17) is 29.2 Å². The highest BCUT2D eigenvalue weighted by molar-refractivity contribution is 6.36. The van der Waals surface area contributed by atoms with Gasteiger partial charge in [0.05, 0.1) is 6.10 Å². The van der Waals surface area contributed by atoms with Crippen molar-refractivity contribution in [1.29, 1.82) is 0 Å². The minimum absolute atomic E-state index is 0.677. The van der Waals surface area contributed by atoms with Crippen molar-refractivity contribution in [2.45, 2.75) is 39.8 Å². The van der Waals surface area contributed by atoms with E-state index in [9.17, 15) is 9.59 Å². The number of hydrazine groups is 1. The first kappa shape index (κ1) is 24.0. The lowest BCUT2D eigenvalue weighted by atomic mass is 10.2. The number of primary amides is 1. The zero-order chi connectivity index (χ0) is 18.4. The lowest BCUT2D eigenvalue weighted by molar-refractivity contribution is -0.147. The smallest absolute Gasteiger partial charge is 0.480 e.